The number of fused-ring (bicyclic) bond motifs is 1. The van der Waals surface area contributed by atoms with Crippen LogP contribution >= 0.6 is 34.8 Å². The molecule has 0 radical (unpaired) electrons. The van der Waals surface area contributed by atoms with Crippen LogP contribution in [-0.2, 0) is 6.42 Å². The van der Waals surface area contributed by atoms with Crippen molar-refractivity contribution in [1.29, 1.82) is 0 Å². The Labute approximate surface area is 165 Å². The second kappa shape index (κ2) is 6.88. The zero-order chi connectivity index (χ0) is 18.3. The smallest absolute Gasteiger partial charge is 0.277 e. The van der Waals surface area contributed by atoms with Crippen molar-refractivity contribution in [2.45, 2.75) is 6.42 Å². The van der Waals surface area contributed by atoms with E-state index in [0.29, 0.717) is 33.0 Å². The lowest BCUT2D eigenvalue weighted by molar-refractivity contribution is 0.0984. The van der Waals surface area contributed by atoms with Crippen LogP contribution in [0.15, 0.2) is 48.8 Å². The number of amides is 1. The van der Waals surface area contributed by atoms with Crippen LogP contribution in [-0.4, -0.2) is 22.4 Å². The van der Waals surface area contributed by atoms with Crippen molar-refractivity contribution in [3.63, 3.8) is 0 Å². The summed E-state index contributed by atoms with van der Waals surface area (Å²) in [5, 5.41) is 1.57. The van der Waals surface area contributed by atoms with Crippen molar-refractivity contribution >= 4 is 46.4 Å². The van der Waals surface area contributed by atoms with E-state index in [1.54, 1.807) is 35.2 Å². The van der Waals surface area contributed by atoms with Gasteiger partial charge in [-0.25, -0.2) is 9.97 Å². The van der Waals surface area contributed by atoms with E-state index in [4.69, 9.17) is 34.8 Å². The van der Waals surface area contributed by atoms with Crippen LogP contribution in [0.3, 0.4) is 0 Å². The minimum absolute atomic E-state index is 0.171. The molecule has 0 saturated heterocycles. The lowest BCUT2D eigenvalue weighted by Gasteiger charge is -2.17. The molecule has 1 aliphatic heterocycles. The van der Waals surface area contributed by atoms with E-state index in [-0.39, 0.29) is 5.91 Å². The molecular weight excluding hydrogens is 393 g/mol. The molecule has 2 heterocycles. The number of aromatic nitrogens is 2. The summed E-state index contributed by atoms with van der Waals surface area (Å²) in [5.74, 6) is -0.171. The first-order chi connectivity index (χ1) is 12.5. The molecule has 0 unspecified atom stereocenters. The average molecular weight is 405 g/mol. The number of benzene rings is 2. The van der Waals surface area contributed by atoms with Crippen molar-refractivity contribution in [2.75, 3.05) is 11.4 Å². The van der Waals surface area contributed by atoms with Gasteiger partial charge in [-0.15, -0.1) is 0 Å². The monoisotopic (exact) mass is 403 g/mol. The summed E-state index contributed by atoms with van der Waals surface area (Å²) in [7, 11) is 0. The van der Waals surface area contributed by atoms with Crippen molar-refractivity contribution in [1.82, 2.24) is 9.97 Å². The minimum Gasteiger partial charge on any atom is -0.306 e. The van der Waals surface area contributed by atoms with Gasteiger partial charge in [-0.3, -0.25) is 4.79 Å². The Morgan fingerprint density at radius 1 is 0.962 bits per heavy atom. The summed E-state index contributed by atoms with van der Waals surface area (Å²) >= 11 is 18.1. The van der Waals surface area contributed by atoms with Crippen molar-refractivity contribution in [3.05, 3.63) is 75.1 Å². The molecule has 1 amide bonds. The number of hydrogen-bond acceptors (Lipinski definition) is 3. The molecule has 0 fully saturated rings. The fourth-order valence-electron chi connectivity index (χ4n) is 3.01. The first kappa shape index (κ1) is 17.3. The van der Waals surface area contributed by atoms with Crippen LogP contribution in [0.2, 0.25) is 15.1 Å². The summed E-state index contributed by atoms with van der Waals surface area (Å²) in [4.78, 5) is 23.1. The Hall–Kier alpha value is -2.14. The maximum atomic E-state index is 13.0. The number of nitrogens with zero attached hydrogens (tertiary/aromatic N) is 3. The van der Waals surface area contributed by atoms with Crippen molar-refractivity contribution in [3.8, 4) is 11.3 Å². The van der Waals surface area contributed by atoms with E-state index >= 15 is 0 Å². The highest BCUT2D eigenvalue weighted by molar-refractivity contribution is 6.42. The highest BCUT2D eigenvalue weighted by Crippen LogP contribution is 2.32. The standard InChI is InChI=1S/C19H12Cl3N3O/c20-13-2-4-18-12(7-13)5-6-25(18)19(26)17-9-16(23-10-24-17)11-1-3-14(21)15(22)8-11/h1-4,7-10H,5-6H2. The van der Waals surface area contributed by atoms with Crippen LogP contribution in [0.4, 0.5) is 5.69 Å². The van der Waals surface area contributed by atoms with Crippen LogP contribution < -0.4 is 4.90 Å². The molecule has 2 aromatic carbocycles. The number of halogens is 3. The summed E-state index contributed by atoms with van der Waals surface area (Å²) in [6.45, 7) is 0.598. The molecule has 0 bridgehead atoms. The second-order valence-corrected chi connectivity index (χ2v) is 7.15. The minimum atomic E-state index is -0.171. The number of carbonyl (C=O) groups excluding carboxylic acids is 1. The normalized spacial score (nSPS) is 13.0. The molecule has 0 N–H and O–H groups in total. The molecule has 0 aliphatic carbocycles. The first-order valence-electron chi connectivity index (χ1n) is 7.91. The lowest BCUT2D eigenvalue weighted by atomic mass is 10.1. The van der Waals surface area contributed by atoms with Crippen molar-refractivity contribution in [2.24, 2.45) is 0 Å². The highest BCUT2D eigenvalue weighted by Gasteiger charge is 2.26. The van der Waals surface area contributed by atoms with Gasteiger partial charge in [-0.05, 0) is 48.4 Å². The van der Waals surface area contributed by atoms with E-state index in [9.17, 15) is 4.79 Å². The van der Waals surface area contributed by atoms with Crippen LogP contribution in [0.1, 0.15) is 16.1 Å². The molecule has 0 atom stereocenters. The van der Waals surface area contributed by atoms with Gasteiger partial charge in [-0.1, -0.05) is 40.9 Å². The first-order valence-corrected chi connectivity index (χ1v) is 9.04. The third kappa shape index (κ3) is 3.16. The summed E-state index contributed by atoms with van der Waals surface area (Å²) in [5.41, 5.74) is 3.63. The van der Waals surface area contributed by atoms with Crippen LogP contribution in [0.5, 0.6) is 0 Å². The van der Waals surface area contributed by atoms with Gasteiger partial charge < -0.3 is 4.90 Å². The van der Waals surface area contributed by atoms with Gasteiger partial charge in [0.05, 0.1) is 15.7 Å². The molecule has 0 saturated carbocycles. The number of rotatable bonds is 2. The SMILES string of the molecule is O=C(c1cc(-c2ccc(Cl)c(Cl)c2)ncn1)N1CCc2cc(Cl)ccc21. The Morgan fingerprint density at radius 2 is 1.81 bits per heavy atom. The lowest BCUT2D eigenvalue weighted by Crippen LogP contribution is -2.29. The largest absolute Gasteiger partial charge is 0.306 e. The number of hydrogen-bond donors (Lipinski definition) is 0. The predicted molar refractivity (Wildman–Crippen MR) is 104 cm³/mol. The summed E-state index contributed by atoms with van der Waals surface area (Å²) in [6.07, 6.45) is 2.15. The van der Waals surface area contributed by atoms with Gasteiger partial charge in [0.25, 0.3) is 5.91 Å². The number of anilines is 1. The third-order valence-electron chi connectivity index (χ3n) is 4.28. The Balaban J connectivity index is 1.67. The topological polar surface area (TPSA) is 46.1 Å². The summed E-state index contributed by atoms with van der Waals surface area (Å²) < 4.78 is 0. The Kier molecular flexibility index (Phi) is 4.57. The zero-order valence-corrected chi connectivity index (χ0v) is 15.7. The molecule has 130 valence electrons. The number of carbonyl (C=O) groups is 1. The average Bonchev–Trinajstić information content (AvgIpc) is 3.06. The van der Waals surface area contributed by atoms with Gasteiger partial charge in [0.2, 0.25) is 0 Å². The fraction of sp³-hybridized carbons (Fsp3) is 0.105. The zero-order valence-electron chi connectivity index (χ0n) is 13.4. The van der Waals surface area contributed by atoms with E-state index in [0.717, 1.165) is 23.2 Å². The molecule has 4 rings (SSSR count). The van der Waals surface area contributed by atoms with Crippen LogP contribution in [0.25, 0.3) is 11.3 Å². The van der Waals surface area contributed by atoms with Gasteiger partial charge >= 0.3 is 0 Å². The highest BCUT2D eigenvalue weighted by atomic mass is 35.5. The molecular formula is C19H12Cl3N3O. The maximum absolute atomic E-state index is 13.0. The van der Waals surface area contributed by atoms with E-state index in [1.165, 1.54) is 6.33 Å². The quantitative estimate of drug-likeness (QED) is 0.582. The molecule has 7 heteroatoms. The second-order valence-electron chi connectivity index (χ2n) is 5.90. The van der Waals surface area contributed by atoms with E-state index in [2.05, 4.69) is 9.97 Å². The predicted octanol–water partition coefficient (Wildman–Crippen LogP) is 5.31. The molecule has 4 nitrogen and oxygen atoms in total. The van der Waals surface area contributed by atoms with Crippen LogP contribution in [0, 0.1) is 0 Å². The fourth-order valence-corrected chi connectivity index (χ4v) is 3.50. The van der Waals surface area contributed by atoms with E-state index in [1.807, 2.05) is 12.1 Å². The van der Waals surface area contributed by atoms with Gasteiger partial charge in [0.15, 0.2) is 0 Å². The Morgan fingerprint density at radius 3 is 2.62 bits per heavy atom. The molecule has 1 aromatic heterocycles. The van der Waals surface area contributed by atoms with Gasteiger partial charge in [-0.2, -0.15) is 0 Å². The third-order valence-corrected chi connectivity index (χ3v) is 5.26. The van der Waals surface area contributed by atoms with Gasteiger partial charge in [0.1, 0.15) is 12.0 Å². The van der Waals surface area contributed by atoms with Crippen molar-refractivity contribution < 1.29 is 4.79 Å². The maximum Gasteiger partial charge on any atom is 0.277 e. The van der Waals surface area contributed by atoms with Gasteiger partial charge in [0, 0.05) is 22.8 Å². The summed E-state index contributed by atoms with van der Waals surface area (Å²) in [6, 6.07) is 12.4. The van der Waals surface area contributed by atoms with E-state index < -0.39 is 0 Å². The molecule has 1 aliphatic rings. The Bertz CT molecular complexity index is 1020. The molecule has 0 spiro atoms. The molecule has 3 aromatic rings. The molecule has 26 heavy (non-hydrogen) atoms.